The molecule has 16 heavy (non-hydrogen) atoms. The van der Waals surface area contributed by atoms with E-state index >= 15 is 0 Å². The van der Waals surface area contributed by atoms with Crippen molar-refractivity contribution < 1.29 is 9.53 Å². The summed E-state index contributed by atoms with van der Waals surface area (Å²) in [6, 6.07) is 7.61. The number of aldehydes is 1. The molecule has 0 amide bonds. The average Bonchev–Trinajstić information content (AvgIpc) is 2.23. The second-order valence-corrected chi connectivity index (χ2v) is 5.67. The highest BCUT2D eigenvalue weighted by atomic mass is 32.2. The molecule has 2 nitrogen and oxygen atoms in total. The number of thioether (sulfide) groups is 1. The summed E-state index contributed by atoms with van der Waals surface area (Å²) < 4.78 is 5.62. The zero-order chi connectivity index (χ0) is 12.0. The van der Waals surface area contributed by atoms with Crippen LogP contribution in [0.25, 0.3) is 0 Å². The van der Waals surface area contributed by atoms with Crippen molar-refractivity contribution in [2.75, 3.05) is 12.4 Å². The van der Waals surface area contributed by atoms with Gasteiger partial charge in [0.05, 0.1) is 12.2 Å². The first-order valence-electron chi connectivity index (χ1n) is 5.33. The summed E-state index contributed by atoms with van der Waals surface area (Å²) in [6.07, 6.45) is 0.871. The summed E-state index contributed by atoms with van der Waals surface area (Å²) in [6.45, 7) is 6.86. The third kappa shape index (κ3) is 5.33. The van der Waals surface area contributed by atoms with Crippen molar-refractivity contribution in [1.29, 1.82) is 0 Å². The highest BCUT2D eigenvalue weighted by molar-refractivity contribution is 7.99. The van der Waals surface area contributed by atoms with Gasteiger partial charge >= 0.3 is 0 Å². The lowest BCUT2D eigenvalue weighted by molar-refractivity contribution is 0.00694. The van der Waals surface area contributed by atoms with Crippen LogP contribution in [0.4, 0.5) is 0 Å². The van der Waals surface area contributed by atoms with Gasteiger partial charge in [-0.1, -0.05) is 12.1 Å². The first-order chi connectivity index (χ1) is 7.51. The number of benzene rings is 1. The zero-order valence-corrected chi connectivity index (χ0v) is 10.8. The minimum Gasteiger partial charge on any atom is -0.375 e. The van der Waals surface area contributed by atoms with Crippen molar-refractivity contribution in [3.05, 3.63) is 29.8 Å². The van der Waals surface area contributed by atoms with Gasteiger partial charge in [-0.15, -0.1) is 11.8 Å². The SMILES string of the molecule is CC(C)(C)OCCSc1cccc(C=O)c1. The van der Waals surface area contributed by atoms with Crippen LogP contribution >= 0.6 is 11.8 Å². The van der Waals surface area contributed by atoms with E-state index in [1.807, 2.05) is 45.0 Å². The molecule has 0 spiro atoms. The number of ether oxygens (including phenoxy) is 1. The van der Waals surface area contributed by atoms with Crippen LogP contribution in [0, 0.1) is 0 Å². The van der Waals surface area contributed by atoms with E-state index in [9.17, 15) is 4.79 Å². The molecule has 3 heteroatoms. The number of hydrogen-bond acceptors (Lipinski definition) is 3. The predicted molar refractivity (Wildman–Crippen MR) is 68.3 cm³/mol. The van der Waals surface area contributed by atoms with Gasteiger partial charge in [-0.2, -0.15) is 0 Å². The Labute approximate surface area is 101 Å². The van der Waals surface area contributed by atoms with Crippen molar-refractivity contribution in [2.24, 2.45) is 0 Å². The monoisotopic (exact) mass is 238 g/mol. The Hall–Kier alpha value is -0.800. The minimum absolute atomic E-state index is 0.0782. The molecule has 0 aliphatic carbocycles. The second kappa shape index (κ2) is 6.06. The highest BCUT2D eigenvalue weighted by Crippen LogP contribution is 2.19. The fraction of sp³-hybridized carbons (Fsp3) is 0.462. The molecule has 0 aliphatic heterocycles. The lowest BCUT2D eigenvalue weighted by atomic mass is 10.2. The summed E-state index contributed by atoms with van der Waals surface area (Å²) in [5.41, 5.74) is 0.646. The molecule has 0 fully saturated rings. The quantitative estimate of drug-likeness (QED) is 0.447. The van der Waals surface area contributed by atoms with E-state index in [1.165, 1.54) is 0 Å². The van der Waals surface area contributed by atoms with Crippen LogP contribution in [0.2, 0.25) is 0 Å². The predicted octanol–water partition coefficient (Wildman–Crippen LogP) is 3.41. The van der Waals surface area contributed by atoms with Crippen LogP contribution in [0.15, 0.2) is 29.2 Å². The summed E-state index contributed by atoms with van der Waals surface area (Å²) in [7, 11) is 0. The molecule has 0 unspecified atom stereocenters. The van der Waals surface area contributed by atoms with Crippen LogP contribution in [0.3, 0.4) is 0 Å². The third-order valence-corrected chi connectivity index (χ3v) is 2.84. The maximum atomic E-state index is 10.6. The van der Waals surface area contributed by atoms with Crippen LogP contribution in [0.1, 0.15) is 31.1 Å². The summed E-state index contributed by atoms with van der Waals surface area (Å²) in [5, 5.41) is 0. The van der Waals surface area contributed by atoms with Gasteiger partial charge in [0.2, 0.25) is 0 Å². The van der Waals surface area contributed by atoms with E-state index in [4.69, 9.17) is 4.74 Å². The highest BCUT2D eigenvalue weighted by Gasteiger charge is 2.09. The van der Waals surface area contributed by atoms with Crippen LogP contribution in [-0.4, -0.2) is 24.2 Å². The van der Waals surface area contributed by atoms with Crippen LogP contribution in [-0.2, 0) is 4.74 Å². The Balaban J connectivity index is 2.34. The normalized spacial score (nSPS) is 11.4. The van der Waals surface area contributed by atoms with E-state index < -0.39 is 0 Å². The van der Waals surface area contributed by atoms with Gasteiger partial charge < -0.3 is 4.74 Å². The van der Waals surface area contributed by atoms with Gasteiger partial charge in [0, 0.05) is 16.2 Å². The molecule has 1 aromatic rings. The Morgan fingerprint density at radius 1 is 1.38 bits per heavy atom. The summed E-state index contributed by atoms with van der Waals surface area (Å²) in [5.74, 6) is 0.902. The molecule has 0 aliphatic rings. The molecule has 88 valence electrons. The van der Waals surface area contributed by atoms with Crippen molar-refractivity contribution in [2.45, 2.75) is 31.3 Å². The first-order valence-corrected chi connectivity index (χ1v) is 6.32. The van der Waals surface area contributed by atoms with E-state index in [0.29, 0.717) is 0 Å². The molecule has 1 aromatic carbocycles. The maximum Gasteiger partial charge on any atom is 0.150 e. The van der Waals surface area contributed by atoms with E-state index in [2.05, 4.69) is 0 Å². The van der Waals surface area contributed by atoms with Gasteiger partial charge in [0.15, 0.2) is 0 Å². The second-order valence-electron chi connectivity index (χ2n) is 4.50. The Morgan fingerprint density at radius 2 is 2.12 bits per heavy atom. The molecule has 0 atom stereocenters. The number of carbonyl (C=O) groups excluding carboxylic acids is 1. The minimum atomic E-state index is -0.0782. The van der Waals surface area contributed by atoms with E-state index in [-0.39, 0.29) is 5.60 Å². The van der Waals surface area contributed by atoms with Gasteiger partial charge in [0.1, 0.15) is 6.29 Å². The van der Waals surface area contributed by atoms with E-state index in [1.54, 1.807) is 11.8 Å². The lowest BCUT2D eigenvalue weighted by Crippen LogP contribution is -2.20. The molecule has 0 saturated carbocycles. The largest absolute Gasteiger partial charge is 0.375 e. The van der Waals surface area contributed by atoms with Gasteiger partial charge in [-0.05, 0) is 32.9 Å². The van der Waals surface area contributed by atoms with Crippen molar-refractivity contribution in [3.63, 3.8) is 0 Å². The number of hydrogen-bond donors (Lipinski definition) is 0. The van der Waals surface area contributed by atoms with Crippen LogP contribution in [0.5, 0.6) is 0 Å². The standard InChI is InChI=1S/C13H18O2S/c1-13(2,3)15-7-8-16-12-6-4-5-11(9-12)10-14/h4-6,9-10H,7-8H2,1-3H3. The summed E-state index contributed by atoms with van der Waals surface area (Å²) in [4.78, 5) is 11.7. The fourth-order valence-electron chi connectivity index (χ4n) is 1.19. The molecular weight excluding hydrogens is 220 g/mol. The third-order valence-electron chi connectivity index (χ3n) is 1.88. The zero-order valence-electron chi connectivity index (χ0n) is 10.0. The smallest absolute Gasteiger partial charge is 0.150 e. The van der Waals surface area contributed by atoms with Gasteiger partial charge in [-0.25, -0.2) is 0 Å². The van der Waals surface area contributed by atoms with Crippen LogP contribution < -0.4 is 0 Å². The summed E-state index contributed by atoms with van der Waals surface area (Å²) >= 11 is 1.71. The van der Waals surface area contributed by atoms with Gasteiger partial charge in [-0.3, -0.25) is 4.79 Å². The molecule has 0 N–H and O–H groups in total. The van der Waals surface area contributed by atoms with E-state index in [0.717, 1.165) is 29.1 Å². The molecule has 1 rings (SSSR count). The molecule has 0 aromatic heterocycles. The number of carbonyl (C=O) groups is 1. The Morgan fingerprint density at radius 3 is 2.75 bits per heavy atom. The Kier molecular flexibility index (Phi) is 5.03. The molecule has 0 bridgehead atoms. The topological polar surface area (TPSA) is 26.3 Å². The molecular formula is C13H18O2S. The molecule has 0 saturated heterocycles. The average molecular weight is 238 g/mol. The van der Waals surface area contributed by atoms with Crippen molar-refractivity contribution >= 4 is 18.0 Å². The Bertz CT molecular complexity index is 342. The van der Waals surface area contributed by atoms with Gasteiger partial charge in [0.25, 0.3) is 0 Å². The number of rotatable bonds is 5. The lowest BCUT2D eigenvalue weighted by Gasteiger charge is -2.19. The fourth-order valence-corrected chi connectivity index (χ4v) is 1.98. The molecule has 0 radical (unpaired) electrons. The van der Waals surface area contributed by atoms with Crippen molar-refractivity contribution in [1.82, 2.24) is 0 Å². The maximum absolute atomic E-state index is 10.6. The van der Waals surface area contributed by atoms with Crippen molar-refractivity contribution in [3.8, 4) is 0 Å². The molecule has 0 heterocycles. The first kappa shape index (κ1) is 13.3.